The minimum absolute atomic E-state index is 0. The molecule has 6 heteroatoms. The summed E-state index contributed by atoms with van der Waals surface area (Å²) in [4.78, 5) is 0. The van der Waals surface area contributed by atoms with E-state index in [0.717, 1.165) is 0 Å². The van der Waals surface area contributed by atoms with E-state index in [4.69, 9.17) is 13.0 Å². The largest absolute Gasteiger partial charge is 2.00 e. The molecule has 0 unspecified atom stereocenters. The molecule has 0 aromatic heterocycles. The molecule has 0 aliphatic carbocycles. The molecular weight excluding hydrogens is 168 g/mol. The SMILES string of the molecule is O=[S-](=O)O.[Ca+2].[H-].[H-].[Ti]. The van der Waals surface area contributed by atoms with Crippen molar-refractivity contribution in [3.63, 3.8) is 0 Å². The molecule has 0 bridgehead atoms. The predicted molar refractivity (Wildman–Crippen MR) is 19.3 cm³/mol. The van der Waals surface area contributed by atoms with Gasteiger partial charge in [-0.3, -0.25) is 0 Å². The van der Waals surface area contributed by atoms with Crippen molar-refractivity contribution in [2.45, 2.75) is 0 Å². The minimum Gasteiger partial charge on any atom is -1.00 e. The Morgan fingerprint density at radius 2 is 1.50 bits per heavy atom. The molecule has 0 aromatic carbocycles. The third-order valence-corrected chi connectivity index (χ3v) is 0. The molecule has 0 atom stereocenters. The summed E-state index contributed by atoms with van der Waals surface area (Å²) < 4.78 is 24.1. The second kappa shape index (κ2) is 9.99. The standard InChI is InChI=1S/Ca.HO3S.Ti.2H/c;1-4(2)3;;;/h;(H,1,2,3);;;/q+2;-1;;2*-1. The van der Waals surface area contributed by atoms with Crippen LogP contribution >= 0.6 is 0 Å². The normalized spacial score (nSPS) is 5.67. The van der Waals surface area contributed by atoms with E-state index in [1.807, 2.05) is 0 Å². The van der Waals surface area contributed by atoms with E-state index >= 15 is 0 Å². The summed E-state index contributed by atoms with van der Waals surface area (Å²) in [7, 11) is -2.86. The van der Waals surface area contributed by atoms with Crippen molar-refractivity contribution in [1.82, 2.24) is 0 Å². The smallest absolute Gasteiger partial charge is 1.00 e. The van der Waals surface area contributed by atoms with Crippen LogP contribution in [0.4, 0.5) is 0 Å². The first-order valence-corrected chi connectivity index (χ1v) is 1.55. The van der Waals surface area contributed by atoms with Crippen molar-refractivity contribution in [2.24, 2.45) is 0 Å². The zero-order chi connectivity index (χ0) is 3.58. The summed E-state index contributed by atoms with van der Waals surface area (Å²) in [5.41, 5.74) is 0. The summed E-state index contributed by atoms with van der Waals surface area (Å²) >= 11 is 0. The van der Waals surface area contributed by atoms with Gasteiger partial charge in [0.25, 0.3) is 0 Å². The van der Waals surface area contributed by atoms with E-state index < -0.39 is 11.0 Å². The Hall–Kier alpha value is 1.88. The van der Waals surface area contributed by atoms with E-state index in [9.17, 15) is 0 Å². The first-order valence-electron chi connectivity index (χ1n) is 0.516. The number of rotatable bonds is 0. The summed E-state index contributed by atoms with van der Waals surface area (Å²) in [6, 6.07) is 0. The number of hydrogen-bond donors (Lipinski definition) is 1. The molecule has 0 spiro atoms. The van der Waals surface area contributed by atoms with Crippen LogP contribution in [0.5, 0.6) is 0 Å². The van der Waals surface area contributed by atoms with E-state index in [0.29, 0.717) is 0 Å². The van der Waals surface area contributed by atoms with Crippen molar-refractivity contribution in [3.8, 4) is 0 Å². The quantitative estimate of drug-likeness (QED) is 0.234. The fourth-order valence-corrected chi connectivity index (χ4v) is 0. The second-order valence-corrected chi connectivity index (χ2v) is 0.651. The molecule has 0 fully saturated rings. The Bertz CT molecular complexity index is 65.7. The van der Waals surface area contributed by atoms with Crippen LogP contribution in [0.3, 0.4) is 0 Å². The molecule has 0 rings (SSSR count). The maximum absolute atomic E-state index is 8.56. The Labute approximate surface area is 85.1 Å². The average Bonchev–Trinajstić information content (AvgIpc) is 0.811. The van der Waals surface area contributed by atoms with Gasteiger partial charge in [-0.2, -0.15) is 0 Å². The van der Waals surface area contributed by atoms with Gasteiger partial charge in [0, 0.05) is 32.7 Å². The molecule has 6 heavy (non-hydrogen) atoms. The zero-order valence-corrected chi connectivity index (χ0v) is 7.47. The van der Waals surface area contributed by atoms with E-state index in [1.165, 1.54) is 0 Å². The van der Waals surface area contributed by atoms with Crippen molar-refractivity contribution in [3.05, 3.63) is 0 Å². The van der Waals surface area contributed by atoms with Gasteiger partial charge >= 0.3 is 37.7 Å². The van der Waals surface area contributed by atoms with Crippen LogP contribution in [-0.2, 0) is 41.1 Å². The number of hydrogen-bond acceptors (Lipinski definition) is 3. The monoisotopic (exact) mass is 171 g/mol. The van der Waals surface area contributed by atoms with Crippen LogP contribution in [-0.4, -0.2) is 42.3 Å². The Kier molecular flexibility index (Phi) is 26.1. The average molecular weight is 171 g/mol. The fraction of sp³-hybridized carbons (Fsp3) is 0. The second-order valence-electron chi connectivity index (χ2n) is 0.217. The Morgan fingerprint density at radius 1 is 1.50 bits per heavy atom. The van der Waals surface area contributed by atoms with Gasteiger partial charge in [-0.1, -0.05) is 0 Å². The van der Waals surface area contributed by atoms with Crippen LogP contribution in [0.25, 0.3) is 0 Å². The van der Waals surface area contributed by atoms with E-state index in [1.54, 1.807) is 0 Å². The summed E-state index contributed by atoms with van der Waals surface area (Å²) in [6.07, 6.45) is 0. The van der Waals surface area contributed by atoms with Gasteiger partial charge in [-0.25, -0.2) is 0 Å². The van der Waals surface area contributed by atoms with Crippen molar-refractivity contribution < 1.29 is 37.5 Å². The third-order valence-electron chi connectivity index (χ3n) is 0. The topological polar surface area (TPSA) is 54.4 Å². The van der Waals surface area contributed by atoms with E-state index in [-0.39, 0.29) is 62.3 Å². The summed E-state index contributed by atoms with van der Waals surface area (Å²) in [5.74, 6) is 0. The molecule has 0 saturated heterocycles. The first-order chi connectivity index (χ1) is 1.73. The van der Waals surface area contributed by atoms with Gasteiger partial charge in [0.2, 0.25) is 0 Å². The molecule has 0 amide bonds. The Morgan fingerprint density at radius 3 is 1.50 bits per heavy atom. The van der Waals surface area contributed by atoms with Crippen molar-refractivity contribution in [2.75, 3.05) is 0 Å². The molecule has 0 aromatic rings. The molecule has 0 saturated carbocycles. The van der Waals surface area contributed by atoms with Gasteiger partial charge in [-0.15, -0.1) is 0 Å². The minimum atomic E-state index is -2.86. The van der Waals surface area contributed by atoms with Gasteiger partial charge in [0.05, 0.1) is 0 Å². The van der Waals surface area contributed by atoms with Crippen molar-refractivity contribution >= 4 is 48.7 Å². The maximum Gasteiger partial charge on any atom is 2.00 e. The summed E-state index contributed by atoms with van der Waals surface area (Å²) in [6.45, 7) is 0. The molecule has 0 aliphatic heterocycles. The van der Waals surface area contributed by atoms with Crippen LogP contribution < -0.4 is 0 Å². The molecule has 0 aliphatic rings. The third kappa shape index (κ3) is 39.5. The summed E-state index contributed by atoms with van der Waals surface area (Å²) in [5, 5.41) is 0. The molecular formula is H3CaO3STi-. The van der Waals surface area contributed by atoms with Crippen LogP contribution in [0, 0.1) is 0 Å². The van der Waals surface area contributed by atoms with Crippen molar-refractivity contribution in [1.29, 1.82) is 0 Å². The first kappa shape index (κ1) is 15.7. The van der Waals surface area contributed by atoms with Gasteiger partial charge in [0.15, 0.2) is 0 Å². The van der Waals surface area contributed by atoms with Gasteiger partial charge < -0.3 is 15.8 Å². The van der Waals surface area contributed by atoms with Crippen LogP contribution in [0.1, 0.15) is 2.85 Å². The fourth-order valence-electron chi connectivity index (χ4n) is 0. The molecule has 1 N–H and O–H groups in total. The predicted octanol–water partition coefficient (Wildman–Crippen LogP) is -0.390. The zero-order valence-electron chi connectivity index (χ0n) is 4.88. The molecule has 0 heterocycles. The van der Waals surface area contributed by atoms with Crippen LogP contribution in [0.2, 0.25) is 0 Å². The van der Waals surface area contributed by atoms with Crippen LogP contribution in [0.15, 0.2) is 0 Å². The van der Waals surface area contributed by atoms with Gasteiger partial charge in [-0.05, 0) is 0 Å². The van der Waals surface area contributed by atoms with E-state index in [2.05, 4.69) is 0 Å². The molecule has 34 valence electrons. The molecule has 3 nitrogen and oxygen atoms in total. The maximum atomic E-state index is 8.56. The molecule has 0 radical (unpaired) electrons. The van der Waals surface area contributed by atoms with Gasteiger partial charge in [0.1, 0.15) is 0 Å². The Balaban J connectivity index is -0.00000000750.